The van der Waals surface area contributed by atoms with Gasteiger partial charge in [0.15, 0.2) is 0 Å². The molecule has 0 atom stereocenters. The maximum absolute atomic E-state index is 6.09. The number of nitrogens with two attached hydrogens (primary N) is 1. The van der Waals surface area contributed by atoms with Crippen molar-refractivity contribution in [3.8, 4) is 0 Å². The van der Waals surface area contributed by atoms with Gasteiger partial charge in [0, 0.05) is 25.4 Å². The van der Waals surface area contributed by atoms with Crippen LogP contribution in [0.15, 0.2) is 0 Å². The van der Waals surface area contributed by atoms with E-state index in [1.54, 1.807) is 0 Å². The van der Waals surface area contributed by atoms with Crippen molar-refractivity contribution in [1.82, 2.24) is 9.97 Å². The Labute approximate surface area is 136 Å². The summed E-state index contributed by atoms with van der Waals surface area (Å²) in [7, 11) is 3.88. The normalized spacial score (nSPS) is 10.9. The molecule has 0 aromatic carbocycles. The van der Waals surface area contributed by atoms with E-state index >= 15 is 0 Å². The fraction of sp³-hybridized carbons (Fsp3) is 0.778. The molecule has 0 aliphatic rings. The summed E-state index contributed by atoms with van der Waals surface area (Å²) >= 11 is 0. The molecule has 0 fully saturated rings. The van der Waals surface area contributed by atoms with Crippen molar-refractivity contribution < 1.29 is 0 Å². The molecule has 0 saturated heterocycles. The van der Waals surface area contributed by atoms with Crippen molar-refractivity contribution in [1.29, 1.82) is 0 Å². The highest BCUT2D eigenvalue weighted by molar-refractivity contribution is 5.47. The second-order valence-corrected chi connectivity index (χ2v) is 6.45. The maximum atomic E-state index is 6.09. The number of unbranched alkanes of at least 4 members (excludes halogenated alkanes) is 8. The number of hydrogen-bond donors (Lipinski definition) is 1. The summed E-state index contributed by atoms with van der Waals surface area (Å²) in [5.74, 6) is 1.35. The Bertz CT molecular complexity index is 406. The summed E-state index contributed by atoms with van der Waals surface area (Å²) in [6.45, 7) is 4.30. The summed E-state index contributed by atoms with van der Waals surface area (Å²) in [5.41, 5.74) is 8.25. The first-order chi connectivity index (χ1) is 10.6. The number of aromatic nitrogens is 2. The number of rotatable bonds is 11. The van der Waals surface area contributed by atoms with Crippen LogP contribution in [-0.4, -0.2) is 24.1 Å². The van der Waals surface area contributed by atoms with E-state index in [0.29, 0.717) is 11.8 Å². The molecule has 4 heteroatoms. The molecular weight excluding hydrogens is 272 g/mol. The van der Waals surface area contributed by atoms with Gasteiger partial charge in [-0.1, -0.05) is 58.3 Å². The fourth-order valence-electron chi connectivity index (χ4n) is 2.72. The Morgan fingerprint density at radius 1 is 0.864 bits per heavy atom. The number of anilines is 2. The third-order valence-corrected chi connectivity index (χ3v) is 4.16. The molecule has 0 aliphatic carbocycles. The lowest BCUT2D eigenvalue weighted by Crippen LogP contribution is -2.16. The van der Waals surface area contributed by atoms with Crippen LogP contribution in [-0.2, 0) is 6.42 Å². The van der Waals surface area contributed by atoms with Gasteiger partial charge >= 0.3 is 0 Å². The molecule has 1 heterocycles. The van der Waals surface area contributed by atoms with E-state index < -0.39 is 0 Å². The molecule has 1 rings (SSSR count). The molecule has 0 saturated carbocycles. The summed E-state index contributed by atoms with van der Waals surface area (Å²) in [6.07, 6.45) is 13.1. The van der Waals surface area contributed by atoms with E-state index in [0.717, 1.165) is 17.7 Å². The highest BCUT2D eigenvalue weighted by Crippen LogP contribution is 2.20. The predicted molar refractivity (Wildman–Crippen MR) is 96.4 cm³/mol. The van der Waals surface area contributed by atoms with E-state index in [9.17, 15) is 0 Å². The number of hydrogen-bond acceptors (Lipinski definition) is 4. The van der Waals surface area contributed by atoms with Crippen molar-refractivity contribution in [2.75, 3.05) is 24.7 Å². The monoisotopic (exact) mass is 306 g/mol. The van der Waals surface area contributed by atoms with Gasteiger partial charge in [-0.25, -0.2) is 4.98 Å². The summed E-state index contributed by atoms with van der Waals surface area (Å²) in [4.78, 5) is 10.8. The molecule has 0 radical (unpaired) electrons. The van der Waals surface area contributed by atoms with E-state index in [1.165, 1.54) is 57.8 Å². The van der Waals surface area contributed by atoms with Gasteiger partial charge in [-0.3, -0.25) is 0 Å². The summed E-state index contributed by atoms with van der Waals surface area (Å²) in [5, 5.41) is 0. The lowest BCUT2D eigenvalue weighted by Gasteiger charge is -2.14. The summed E-state index contributed by atoms with van der Waals surface area (Å²) in [6, 6.07) is 0. The van der Waals surface area contributed by atoms with Crippen molar-refractivity contribution in [3.05, 3.63) is 11.3 Å². The van der Waals surface area contributed by atoms with Crippen LogP contribution in [0.3, 0.4) is 0 Å². The van der Waals surface area contributed by atoms with Crippen LogP contribution < -0.4 is 10.6 Å². The molecule has 0 unspecified atom stereocenters. The van der Waals surface area contributed by atoms with Crippen molar-refractivity contribution >= 4 is 11.8 Å². The van der Waals surface area contributed by atoms with Crippen LogP contribution in [0, 0.1) is 6.92 Å². The number of aryl methyl sites for hydroxylation is 1. The zero-order valence-electron chi connectivity index (χ0n) is 15.0. The molecule has 4 nitrogen and oxygen atoms in total. The Morgan fingerprint density at radius 3 is 1.91 bits per heavy atom. The third kappa shape index (κ3) is 6.63. The molecule has 0 aliphatic heterocycles. The Balaban J connectivity index is 2.25. The molecule has 0 spiro atoms. The van der Waals surface area contributed by atoms with E-state index in [2.05, 4.69) is 16.9 Å². The van der Waals surface area contributed by atoms with Crippen molar-refractivity contribution in [2.24, 2.45) is 0 Å². The van der Waals surface area contributed by atoms with E-state index in [1.807, 2.05) is 25.9 Å². The molecule has 0 amide bonds. The number of nitrogens with zero attached hydrogens (tertiary/aromatic N) is 3. The van der Waals surface area contributed by atoms with Crippen LogP contribution in [0.25, 0.3) is 0 Å². The SMILES string of the molecule is CCCCCCCCCCCc1c(C)nc(N(C)C)nc1N. The van der Waals surface area contributed by atoms with Crippen molar-refractivity contribution in [3.63, 3.8) is 0 Å². The van der Waals surface area contributed by atoms with Crippen LogP contribution in [0.1, 0.15) is 76.0 Å². The highest BCUT2D eigenvalue weighted by Gasteiger charge is 2.10. The molecule has 22 heavy (non-hydrogen) atoms. The van der Waals surface area contributed by atoms with Gasteiger partial charge < -0.3 is 10.6 Å². The summed E-state index contributed by atoms with van der Waals surface area (Å²) < 4.78 is 0. The van der Waals surface area contributed by atoms with Gasteiger partial charge in [0.05, 0.1) is 0 Å². The minimum Gasteiger partial charge on any atom is -0.383 e. The number of nitrogen functional groups attached to an aromatic ring is 1. The predicted octanol–water partition coefficient (Wildman–Crippen LogP) is 4.51. The zero-order chi connectivity index (χ0) is 16.4. The van der Waals surface area contributed by atoms with Crippen LogP contribution in [0.5, 0.6) is 0 Å². The second kappa shape index (κ2) is 10.4. The molecular formula is C18H34N4. The molecule has 1 aromatic heterocycles. The first-order valence-electron chi connectivity index (χ1n) is 8.86. The van der Waals surface area contributed by atoms with Crippen LogP contribution >= 0.6 is 0 Å². The van der Waals surface area contributed by atoms with Gasteiger partial charge in [0.1, 0.15) is 5.82 Å². The van der Waals surface area contributed by atoms with Gasteiger partial charge in [-0.2, -0.15) is 4.98 Å². The van der Waals surface area contributed by atoms with Gasteiger partial charge in [0.25, 0.3) is 0 Å². The minimum atomic E-state index is 0.649. The van der Waals surface area contributed by atoms with Gasteiger partial charge in [0.2, 0.25) is 5.95 Å². The third-order valence-electron chi connectivity index (χ3n) is 4.16. The molecule has 126 valence electrons. The lowest BCUT2D eigenvalue weighted by molar-refractivity contribution is 0.564. The first-order valence-corrected chi connectivity index (χ1v) is 8.86. The van der Waals surface area contributed by atoms with Crippen LogP contribution in [0.4, 0.5) is 11.8 Å². The largest absolute Gasteiger partial charge is 0.383 e. The average molecular weight is 306 g/mol. The quantitative estimate of drug-likeness (QED) is 0.611. The van der Waals surface area contributed by atoms with Gasteiger partial charge in [-0.05, 0) is 19.8 Å². The second-order valence-electron chi connectivity index (χ2n) is 6.45. The first kappa shape index (κ1) is 18.7. The Kier molecular flexibility index (Phi) is 8.86. The fourth-order valence-corrected chi connectivity index (χ4v) is 2.72. The topological polar surface area (TPSA) is 55.0 Å². The standard InChI is InChI=1S/C18H34N4/c1-5-6-7-8-9-10-11-12-13-14-16-15(2)20-18(22(3)4)21-17(16)19/h5-14H2,1-4H3,(H2,19,20,21). The van der Waals surface area contributed by atoms with Crippen molar-refractivity contribution in [2.45, 2.75) is 78.1 Å². The lowest BCUT2D eigenvalue weighted by atomic mass is 10.0. The Morgan fingerprint density at radius 2 is 1.41 bits per heavy atom. The van der Waals surface area contributed by atoms with E-state index in [4.69, 9.17) is 5.73 Å². The Hall–Kier alpha value is -1.32. The molecule has 2 N–H and O–H groups in total. The van der Waals surface area contributed by atoms with E-state index in [-0.39, 0.29) is 0 Å². The molecule has 1 aromatic rings. The maximum Gasteiger partial charge on any atom is 0.227 e. The van der Waals surface area contributed by atoms with Gasteiger partial charge in [-0.15, -0.1) is 0 Å². The smallest absolute Gasteiger partial charge is 0.227 e. The zero-order valence-corrected chi connectivity index (χ0v) is 15.0. The van der Waals surface area contributed by atoms with Crippen LogP contribution in [0.2, 0.25) is 0 Å². The highest BCUT2D eigenvalue weighted by atomic mass is 15.2. The molecule has 0 bridgehead atoms. The minimum absolute atomic E-state index is 0.649. The average Bonchev–Trinajstić information content (AvgIpc) is 2.47.